The Morgan fingerprint density at radius 3 is 2.70 bits per heavy atom. The summed E-state index contributed by atoms with van der Waals surface area (Å²) < 4.78 is 0. The molecule has 0 bridgehead atoms. The minimum absolute atomic E-state index is 0.0342. The van der Waals surface area contributed by atoms with Crippen LogP contribution in [0.25, 0.3) is 11.0 Å². The van der Waals surface area contributed by atoms with Crippen molar-refractivity contribution in [2.24, 2.45) is 0 Å². The molecule has 6 nitrogen and oxygen atoms in total. The highest BCUT2D eigenvalue weighted by Gasteiger charge is 2.14. The van der Waals surface area contributed by atoms with Crippen LogP contribution in [0.4, 0.5) is 0 Å². The molecule has 0 aliphatic heterocycles. The number of aromatic hydroxyl groups is 1. The summed E-state index contributed by atoms with van der Waals surface area (Å²) in [5.41, 5.74) is 1.08. The van der Waals surface area contributed by atoms with E-state index in [0.29, 0.717) is 16.1 Å². The molecule has 0 saturated carbocycles. The second kappa shape index (κ2) is 4.82. The topological polar surface area (TPSA) is 77.2 Å². The molecule has 7 heteroatoms. The first-order valence-electron chi connectivity index (χ1n) is 5.67. The second-order valence-electron chi connectivity index (χ2n) is 3.98. The Kier molecular flexibility index (Phi) is 3.00. The van der Waals surface area contributed by atoms with Crippen LogP contribution in [0.3, 0.4) is 0 Å². The first-order valence-corrected chi connectivity index (χ1v) is 6.04. The van der Waals surface area contributed by atoms with Crippen LogP contribution in [0.1, 0.15) is 10.4 Å². The average molecular weight is 290 g/mol. The van der Waals surface area contributed by atoms with E-state index in [0.717, 1.165) is 4.96 Å². The van der Waals surface area contributed by atoms with Crippen molar-refractivity contribution in [3.8, 4) is 5.75 Å². The first-order chi connectivity index (χ1) is 9.63. The van der Waals surface area contributed by atoms with Crippen molar-refractivity contribution in [1.29, 1.82) is 0 Å². The lowest BCUT2D eigenvalue weighted by Gasteiger charge is -2.02. The van der Waals surface area contributed by atoms with Crippen LogP contribution in [0.5, 0.6) is 5.75 Å². The largest absolute Gasteiger partial charge is 0.507 e. The number of carbonyl (C=O) groups excluding carboxylic acids is 1. The zero-order valence-corrected chi connectivity index (χ0v) is 10.8. The van der Waals surface area contributed by atoms with Crippen LogP contribution >= 0.6 is 11.6 Å². The summed E-state index contributed by atoms with van der Waals surface area (Å²) in [5.74, 6) is -0.924. The second-order valence-corrected chi connectivity index (χ2v) is 4.42. The molecule has 3 aromatic rings. The average Bonchev–Trinajstić information content (AvgIpc) is 2.80. The van der Waals surface area contributed by atoms with E-state index in [2.05, 4.69) is 10.2 Å². The Morgan fingerprint density at radius 2 is 1.90 bits per heavy atom. The van der Waals surface area contributed by atoms with Gasteiger partial charge in [-0.15, -0.1) is 10.2 Å². The molecule has 0 aliphatic carbocycles. The van der Waals surface area contributed by atoms with Gasteiger partial charge in [0.1, 0.15) is 22.3 Å². The molecule has 0 fully saturated rings. The molecule has 0 aliphatic rings. The number of hydrogen-bond donors (Lipinski definition) is 1. The smallest absolute Gasteiger partial charge is 0.371 e. The molecule has 3 rings (SSSR count). The number of para-hydroxylation sites is 1. The zero-order chi connectivity index (χ0) is 14.1. The lowest BCUT2D eigenvalue weighted by Crippen LogP contribution is -2.22. The highest BCUT2D eigenvalue weighted by molar-refractivity contribution is 6.31. The molecular formula is C13H8ClN3O3. The molecule has 1 N–H and O–H groups in total. The summed E-state index contributed by atoms with van der Waals surface area (Å²) in [6, 6.07) is 11.0. The van der Waals surface area contributed by atoms with Gasteiger partial charge >= 0.3 is 5.97 Å². The van der Waals surface area contributed by atoms with Gasteiger partial charge in [0, 0.05) is 9.98 Å². The van der Waals surface area contributed by atoms with Crippen molar-refractivity contribution >= 4 is 28.6 Å². The van der Waals surface area contributed by atoms with Crippen LogP contribution in [-0.4, -0.2) is 26.2 Å². The number of aromatic nitrogens is 3. The highest BCUT2D eigenvalue weighted by Crippen LogP contribution is 2.17. The SMILES string of the molecule is O=C(On1nc2ccc(Cl)cc2n1)c1ccccc1O. The van der Waals surface area contributed by atoms with Gasteiger partial charge in [-0.3, -0.25) is 4.84 Å². The van der Waals surface area contributed by atoms with E-state index >= 15 is 0 Å². The number of fused-ring (bicyclic) bond motifs is 1. The van der Waals surface area contributed by atoms with Gasteiger partial charge in [-0.1, -0.05) is 23.7 Å². The van der Waals surface area contributed by atoms with E-state index < -0.39 is 5.97 Å². The van der Waals surface area contributed by atoms with E-state index in [1.807, 2.05) is 0 Å². The lowest BCUT2D eigenvalue weighted by atomic mass is 10.2. The van der Waals surface area contributed by atoms with Crippen LogP contribution in [-0.2, 0) is 0 Å². The van der Waals surface area contributed by atoms with Crippen molar-refractivity contribution < 1.29 is 14.7 Å². The van der Waals surface area contributed by atoms with E-state index in [9.17, 15) is 9.90 Å². The third-order valence-corrected chi connectivity index (χ3v) is 2.85. The van der Waals surface area contributed by atoms with E-state index in [1.54, 1.807) is 30.3 Å². The fraction of sp³-hybridized carbons (Fsp3) is 0. The Hall–Kier alpha value is -2.60. The van der Waals surface area contributed by atoms with E-state index in [1.165, 1.54) is 12.1 Å². The molecule has 100 valence electrons. The van der Waals surface area contributed by atoms with Crippen molar-refractivity contribution in [3.05, 3.63) is 53.1 Å². The van der Waals surface area contributed by atoms with Crippen molar-refractivity contribution in [1.82, 2.24) is 15.2 Å². The monoisotopic (exact) mass is 289 g/mol. The Bertz CT molecular complexity index is 800. The fourth-order valence-electron chi connectivity index (χ4n) is 1.68. The molecule has 0 atom stereocenters. The number of nitrogens with zero attached hydrogens (tertiary/aromatic N) is 3. The summed E-state index contributed by atoms with van der Waals surface area (Å²) in [7, 11) is 0. The summed E-state index contributed by atoms with van der Waals surface area (Å²) in [6.45, 7) is 0. The lowest BCUT2D eigenvalue weighted by molar-refractivity contribution is 0.0311. The van der Waals surface area contributed by atoms with E-state index in [4.69, 9.17) is 16.4 Å². The number of phenols is 1. The van der Waals surface area contributed by atoms with Gasteiger partial charge in [-0.25, -0.2) is 4.79 Å². The van der Waals surface area contributed by atoms with Gasteiger partial charge in [0.15, 0.2) is 0 Å². The maximum absolute atomic E-state index is 11.9. The quantitative estimate of drug-likeness (QED) is 0.781. The van der Waals surface area contributed by atoms with Crippen LogP contribution in [0, 0.1) is 0 Å². The predicted molar refractivity (Wildman–Crippen MR) is 71.6 cm³/mol. The molecule has 0 amide bonds. The molecule has 2 aromatic carbocycles. The Morgan fingerprint density at radius 1 is 1.15 bits per heavy atom. The third-order valence-electron chi connectivity index (χ3n) is 2.61. The minimum Gasteiger partial charge on any atom is -0.507 e. The molecule has 0 spiro atoms. The number of benzene rings is 2. The number of carbonyl (C=O) groups is 1. The van der Waals surface area contributed by atoms with Crippen LogP contribution < -0.4 is 4.84 Å². The van der Waals surface area contributed by atoms with Crippen LogP contribution in [0.15, 0.2) is 42.5 Å². The van der Waals surface area contributed by atoms with Crippen molar-refractivity contribution in [2.45, 2.75) is 0 Å². The van der Waals surface area contributed by atoms with Gasteiger partial charge in [0.05, 0.1) is 0 Å². The minimum atomic E-state index is -0.755. The van der Waals surface area contributed by atoms with E-state index in [-0.39, 0.29) is 11.3 Å². The fourth-order valence-corrected chi connectivity index (χ4v) is 1.84. The van der Waals surface area contributed by atoms with Gasteiger partial charge in [-0.05, 0) is 30.3 Å². The normalized spacial score (nSPS) is 10.7. The van der Waals surface area contributed by atoms with Gasteiger partial charge in [0.2, 0.25) is 0 Å². The predicted octanol–water partition coefficient (Wildman–Crippen LogP) is 2.06. The molecule has 20 heavy (non-hydrogen) atoms. The van der Waals surface area contributed by atoms with Gasteiger partial charge < -0.3 is 5.11 Å². The summed E-state index contributed by atoms with van der Waals surface area (Å²) >= 11 is 5.83. The summed E-state index contributed by atoms with van der Waals surface area (Å²) in [4.78, 5) is 17.6. The third kappa shape index (κ3) is 2.28. The number of rotatable bonds is 2. The molecular weight excluding hydrogens is 282 g/mol. The molecule has 1 aromatic heterocycles. The Labute approximate surface area is 118 Å². The van der Waals surface area contributed by atoms with Crippen molar-refractivity contribution in [3.63, 3.8) is 0 Å². The van der Waals surface area contributed by atoms with Crippen LogP contribution in [0.2, 0.25) is 5.02 Å². The first kappa shape index (κ1) is 12.4. The molecule has 1 heterocycles. The molecule has 0 unspecified atom stereocenters. The maximum atomic E-state index is 11.9. The number of hydrogen-bond acceptors (Lipinski definition) is 5. The summed E-state index contributed by atoms with van der Waals surface area (Å²) in [6.07, 6.45) is 0. The summed E-state index contributed by atoms with van der Waals surface area (Å²) in [5, 5.41) is 18.0. The standard InChI is InChI=1S/C13H8ClN3O3/c14-8-5-6-10-11(7-8)16-17(15-10)20-13(19)9-3-1-2-4-12(9)18/h1-7,18H. The maximum Gasteiger partial charge on any atom is 0.371 e. The highest BCUT2D eigenvalue weighted by atomic mass is 35.5. The molecule has 0 radical (unpaired) electrons. The Balaban J connectivity index is 1.89. The number of halogens is 1. The zero-order valence-electron chi connectivity index (χ0n) is 10.0. The number of phenolic OH excluding ortho intramolecular Hbond substituents is 1. The van der Waals surface area contributed by atoms with Crippen molar-refractivity contribution in [2.75, 3.05) is 0 Å². The van der Waals surface area contributed by atoms with Gasteiger partial charge in [0.25, 0.3) is 0 Å². The molecule has 0 saturated heterocycles. The van der Waals surface area contributed by atoms with Gasteiger partial charge in [-0.2, -0.15) is 0 Å².